The molecule has 2 aromatic heterocycles. The van der Waals surface area contributed by atoms with Gasteiger partial charge in [-0.25, -0.2) is 9.50 Å². The third-order valence-electron chi connectivity index (χ3n) is 3.46. The van der Waals surface area contributed by atoms with E-state index >= 15 is 0 Å². The zero-order valence-corrected chi connectivity index (χ0v) is 14.3. The van der Waals surface area contributed by atoms with Crippen molar-refractivity contribution >= 4 is 29.1 Å². The van der Waals surface area contributed by atoms with E-state index in [2.05, 4.69) is 34.1 Å². The maximum absolute atomic E-state index is 5.96. The Morgan fingerprint density at radius 1 is 1.18 bits per heavy atom. The van der Waals surface area contributed by atoms with Crippen molar-refractivity contribution in [3.05, 3.63) is 52.3 Å². The fourth-order valence-corrected chi connectivity index (χ4v) is 3.49. The molecule has 0 saturated carbocycles. The first-order valence-corrected chi connectivity index (χ1v) is 8.45. The van der Waals surface area contributed by atoms with Gasteiger partial charge < -0.3 is 0 Å². The van der Waals surface area contributed by atoms with Crippen LogP contribution in [0.3, 0.4) is 0 Å². The van der Waals surface area contributed by atoms with Crippen LogP contribution in [0.4, 0.5) is 0 Å². The first-order chi connectivity index (χ1) is 10.6. The molecule has 0 saturated heterocycles. The summed E-state index contributed by atoms with van der Waals surface area (Å²) in [7, 11) is 0. The van der Waals surface area contributed by atoms with E-state index in [-0.39, 0.29) is 0 Å². The number of aromatic nitrogens is 4. The summed E-state index contributed by atoms with van der Waals surface area (Å²) in [5, 5.41) is 6.37. The third kappa shape index (κ3) is 3.10. The summed E-state index contributed by atoms with van der Waals surface area (Å²) < 4.78 is 1.80. The van der Waals surface area contributed by atoms with Crippen LogP contribution >= 0.6 is 23.4 Å². The van der Waals surface area contributed by atoms with Crippen molar-refractivity contribution in [2.45, 2.75) is 37.6 Å². The Kier molecular flexibility index (Phi) is 4.36. The zero-order chi connectivity index (χ0) is 15.7. The molecule has 1 unspecified atom stereocenters. The topological polar surface area (TPSA) is 43.1 Å². The van der Waals surface area contributed by atoms with Crippen LogP contribution in [-0.2, 0) is 0 Å². The lowest BCUT2D eigenvalue weighted by Gasteiger charge is -2.12. The molecule has 0 spiro atoms. The monoisotopic (exact) mass is 332 g/mol. The molecule has 0 N–H and O–H groups in total. The van der Waals surface area contributed by atoms with Crippen LogP contribution in [0.1, 0.15) is 35.5 Å². The van der Waals surface area contributed by atoms with Crippen LogP contribution in [0.5, 0.6) is 0 Å². The van der Waals surface area contributed by atoms with Gasteiger partial charge in [0.1, 0.15) is 0 Å². The van der Waals surface area contributed by atoms with Gasteiger partial charge in [-0.15, -0.1) is 5.10 Å². The number of hydrogen-bond acceptors (Lipinski definition) is 4. The van der Waals surface area contributed by atoms with Gasteiger partial charge in [0.05, 0.1) is 0 Å². The van der Waals surface area contributed by atoms with E-state index in [0.29, 0.717) is 11.0 Å². The summed E-state index contributed by atoms with van der Waals surface area (Å²) in [6, 6.07) is 9.98. The molecule has 6 heteroatoms. The lowest BCUT2D eigenvalue weighted by Crippen LogP contribution is -1.97. The van der Waals surface area contributed by atoms with E-state index < -0.39 is 0 Å². The van der Waals surface area contributed by atoms with Gasteiger partial charge in [-0.1, -0.05) is 42.4 Å². The number of fused-ring (bicyclic) bond motifs is 1. The summed E-state index contributed by atoms with van der Waals surface area (Å²) in [4.78, 5) is 8.98. The number of aryl methyl sites for hydroxylation is 2. The molecule has 0 amide bonds. The average molecular weight is 333 g/mol. The summed E-state index contributed by atoms with van der Waals surface area (Å²) in [6.07, 6.45) is 0.993. The number of rotatable bonds is 4. The second-order valence-electron chi connectivity index (χ2n) is 5.21. The van der Waals surface area contributed by atoms with Crippen molar-refractivity contribution < 1.29 is 0 Å². The first kappa shape index (κ1) is 15.3. The van der Waals surface area contributed by atoms with Crippen LogP contribution in [0.25, 0.3) is 5.78 Å². The molecule has 114 valence electrons. The van der Waals surface area contributed by atoms with Gasteiger partial charge in [-0.2, -0.15) is 4.98 Å². The van der Waals surface area contributed by atoms with Crippen LogP contribution in [0.2, 0.25) is 5.02 Å². The van der Waals surface area contributed by atoms with E-state index in [0.717, 1.165) is 28.0 Å². The van der Waals surface area contributed by atoms with Gasteiger partial charge in [-0.3, -0.25) is 0 Å². The number of halogens is 1. The van der Waals surface area contributed by atoms with Crippen LogP contribution in [-0.4, -0.2) is 19.6 Å². The SMILES string of the molecule is CCC(Sc1nc2nc(C)cc(C)n2n1)c1ccc(Cl)cc1. The smallest absolute Gasteiger partial charge is 0.216 e. The highest BCUT2D eigenvalue weighted by molar-refractivity contribution is 7.99. The van der Waals surface area contributed by atoms with E-state index in [1.54, 1.807) is 16.3 Å². The Labute approximate surface area is 138 Å². The molecule has 1 atom stereocenters. The highest BCUT2D eigenvalue weighted by Gasteiger charge is 2.15. The van der Waals surface area contributed by atoms with Gasteiger partial charge in [0, 0.05) is 21.7 Å². The molecule has 3 aromatic rings. The molecule has 0 aliphatic heterocycles. The molecule has 0 bridgehead atoms. The summed E-state index contributed by atoms with van der Waals surface area (Å²) >= 11 is 7.62. The molecule has 2 heterocycles. The fourth-order valence-electron chi connectivity index (χ4n) is 2.39. The summed E-state index contributed by atoms with van der Waals surface area (Å²) in [6.45, 7) is 6.15. The van der Waals surface area contributed by atoms with Gasteiger partial charge in [-0.05, 0) is 44.0 Å². The molecular weight excluding hydrogens is 316 g/mol. The second kappa shape index (κ2) is 6.26. The molecule has 0 aliphatic carbocycles. The lowest BCUT2D eigenvalue weighted by molar-refractivity contribution is 0.832. The highest BCUT2D eigenvalue weighted by Crippen LogP contribution is 2.36. The molecule has 0 aliphatic rings. The van der Waals surface area contributed by atoms with Crippen molar-refractivity contribution in [2.75, 3.05) is 0 Å². The van der Waals surface area contributed by atoms with Crippen LogP contribution in [0, 0.1) is 13.8 Å². The van der Waals surface area contributed by atoms with Crippen LogP contribution in [0.15, 0.2) is 35.5 Å². The average Bonchev–Trinajstić information content (AvgIpc) is 2.88. The van der Waals surface area contributed by atoms with E-state index in [1.807, 2.05) is 32.0 Å². The maximum atomic E-state index is 5.96. The minimum atomic E-state index is 0.302. The minimum Gasteiger partial charge on any atom is -0.216 e. The van der Waals surface area contributed by atoms with Gasteiger partial charge in [0.2, 0.25) is 5.16 Å². The zero-order valence-electron chi connectivity index (χ0n) is 12.7. The van der Waals surface area contributed by atoms with E-state index in [9.17, 15) is 0 Å². The lowest BCUT2D eigenvalue weighted by atomic mass is 10.1. The number of benzene rings is 1. The number of thioether (sulfide) groups is 1. The molecule has 3 rings (SSSR count). The van der Waals surface area contributed by atoms with Crippen molar-refractivity contribution in [2.24, 2.45) is 0 Å². The normalized spacial score (nSPS) is 12.7. The molecule has 1 aromatic carbocycles. The van der Waals surface area contributed by atoms with Crippen molar-refractivity contribution in [3.63, 3.8) is 0 Å². The largest absolute Gasteiger partial charge is 0.253 e. The summed E-state index contributed by atoms with van der Waals surface area (Å²) in [5.74, 6) is 0.658. The van der Waals surface area contributed by atoms with Crippen molar-refractivity contribution in [1.29, 1.82) is 0 Å². The molecular formula is C16H17ClN4S. The predicted octanol–water partition coefficient (Wildman–Crippen LogP) is 4.64. The van der Waals surface area contributed by atoms with Gasteiger partial charge >= 0.3 is 0 Å². The molecule has 0 radical (unpaired) electrons. The maximum Gasteiger partial charge on any atom is 0.253 e. The van der Waals surface area contributed by atoms with Crippen molar-refractivity contribution in [3.8, 4) is 0 Å². The Hall–Kier alpha value is -1.59. The predicted molar refractivity (Wildman–Crippen MR) is 90.6 cm³/mol. The standard InChI is InChI=1S/C16H17ClN4S/c1-4-14(12-5-7-13(17)8-6-12)22-16-19-15-18-10(2)9-11(3)21(15)20-16/h5-9,14H,4H2,1-3H3. The first-order valence-electron chi connectivity index (χ1n) is 7.20. The number of hydrogen-bond donors (Lipinski definition) is 0. The highest BCUT2D eigenvalue weighted by atomic mass is 35.5. The summed E-state index contributed by atoms with van der Waals surface area (Å²) in [5.41, 5.74) is 3.23. The van der Waals surface area contributed by atoms with Gasteiger partial charge in [0.25, 0.3) is 5.78 Å². The molecule has 0 fully saturated rings. The Morgan fingerprint density at radius 3 is 2.59 bits per heavy atom. The molecule has 4 nitrogen and oxygen atoms in total. The third-order valence-corrected chi connectivity index (χ3v) is 4.98. The Balaban J connectivity index is 1.90. The van der Waals surface area contributed by atoms with E-state index in [4.69, 9.17) is 11.6 Å². The molecule has 22 heavy (non-hydrogen) atoms. The van der Waals surface area contributed by atoms with Crippen LogP contribution < -0.4 is 0 Å². The van der Waals surface area contributed by atoms with Crippen molar-refractivity contribution in [1.82, 2.24) is 19.6 Å². The second-order valence-corrected chi connectivity index (χ2v) is 6.82. The Morgan fingerprint density at radius 2 is 1.91 bits per heavy atom. The Bertz CT molecular complexity index is 798. The fraction of sp³-hybridized carbons (Fsp3) is 0.312. The van der Waals surface area contributed by atoms with E-state index in [1.165, 1.54) is 5.56 Å². The number of nitrogens with zero attached hydrogens (tertiary/aromatic N) is 4. The van der Waals surface area contributed by atoms with Gasteiger partial charge in [0.15, 0.2) is 0 Å². The quantitative estimate of drug-likeness (QED) is 0.653. The minimum absolute atomic E-state index is 0.302.